The van der Waals surface area contributed by atoms with Gasteiger partial charge in [0.15, 0.2) is 17.5 Å². The van der Waals surface area contributed by atoms with E-state index in [0.717, 1.165) is 71.9 Å². The Bertz CT molecular complexity index is 3210. The van der Waals surface area contributed by atoms with Gasteiger partial charge in [-0.3, -0.25) is 0 Å². The van der Waals surface area contributed by atoms with Crippen LogP contribution in [0.25, 0.3) is 111 Å². The minimum atomic E-state index is 0.590. The smallest absolute Gasteiger partial charge is 0.164 e. The molecule has 0 fully saturated rings. The number of aromatic nitrogens is 4. The van der Waals surface area contributed by atoms with Gasteiger partial charge < -0.3 is 4.42 Å². The molecule has 0 aliphatic rings. The molecule has 5 nitrogen and oxygen atoms in total. The molecule has 0 N–H and O–H groups in total. The lowest BCUT2D eigenvalue weighted by Crippen LogP contribution is -2.00. The molecule has 256 valence electrons. The van der Waals surface area contributed by atoms with E-state index in [0.29, 0.717) is 17.5 Å². The number of nitrogens with zero attached hydrogens (tertiary/aromatic N) is 4. The van der Waals surface area contributed by atoms with Gasteiger partial charge in [0, 0.05) is 38.6 Å². The number of rotatable bonds is 5. The largest absolute Gasteiger partial charge is 0.455 e. The van der Waals surface area contributed by atoms with Crippen molar-refractivity contribution in [2.24, 2.45) is 0 Å². The maximum atomic E-state index is 6.75. The fourth-order valence-electron chi connectivity index (χ4n) is 7.93. The number of fused-ring (bicyclic) bond motifs is 8. The number of furan rings is 1. The average Bonchev–Trinajstić information content (AvgIpc) is 3.66. The van der Waals surface area contributed by atoms with Crippen molar-refractivity contribution in [2.45, 2.75) is 0 Å². The van der Waals surface area contributed by atoms with Gasteiger partial charge in [-0.1, -0.05) is 158 Å². The number of benzene rings is 8. The summed E-state index contributed by atoms with van der Waals surface area (Å²) in [7, 11) is 0. The second-order valence-electron chi connectivity index (χ2n) is 13.8. The molecule has 0 amide bonds. The van der Waals surface area contributed by atoms with E-state index >= 15 is 0 Å². The summed E-state index contributed by atoms with van der Waals surface area (Å²) in [5.74, 6) is 1.83. The van der Waals surface area contributed by atoms with Gasteiger partial charge in [-0.2, -0.15) is 0 Å². The van der Waals surface area contributed by atoms with Gasteiger partial charge in [0.2, 0.25) is 0 Å². The van der Waals surface area contributed by atoms with Gasteiger partial charge >= 0.3 is 0 Å². The molecular formula is C50H30N4O. The third-order valence-corrected chi connectivity index (χ3v) is 10.5. The molecule has 0 saturated heterocycles. The zero-order valence-electron chi connectivity index (χ0n) is 29.5. The molecule has 5 heteroatoms. The van der Waals surface area contributed by atoms with Crippen LogP contribution in [-0.4, -0.2) is 19.9 Å². The summed E-state index contributed by atoms with van der Waals surface area (Å²) in [4.78, 5) is 20.6. The van der Waals surface area contributed by atoms with Crippen molar-refractivity contribution in [2.75, 3.05) is 0 Å². The highest BCUT2D eigenvalue weighted by Crippen LogP contribution is 2.44. The van der Waals surface area contributed by atoms with Crippen LogP contribution in [0.2, 0.25) is 0 Å². The van der Waals surface area contributed by atoms with Gasteiger partial charge in [-0.25, -0.2) is 19.9 Å². The highest BCUT2D eigenvalue weighted by atomic mass is 16.3. The first-order valence-corrected chi connectivity index (χ1v) is 18.4. The maximum Gasteiger partial charge on any atom is 0.164 e. The monoisotopic (exact) mass is 702 g/mol. The normalized spacial score (nSPS) is 11.6. The third-order valence-electron chi connectivity index (χ3n) is 10.5. The molecule has 11 rings (SSSR count). The van der Waals surface area contributed by atoms with E-state index in [9.17, 15) is 0 Å². The van der Waals surface area contributed by atoms with Gasteiger partial charge in [0.1, 0.15) is 11.2 Å². The van der Waals surface area contributed by atoms with Crippen LogP contribution in [0.5, 0.6) is 0 Å². The average molecular weight is 703 g/mol. The summed E-state index contributed by atoms with van der Waals surface area (Å²) in [6, 6.07) is 62.7. The molecule has 0 spiro atoms. The van der Waals surface area contributed by atoms with Crippen molar-refractivity contribution in [3.63, 3.8) is 0 Å². The molecule has 0 radical (unpaired) electrons. The van der Waals surface area contributed by atoms with E-state index in [1.165, 1.54) is 21.5 Å². The van der Waals surface area contributed by atoms with Gasteiger partial charge in [-0.15, -0.1) is 0 Å². The molecule has 0 unspecified atom stereocenters. The lowest BCUT2D eigenvalue weighted by atomic mass is 9.91. The van der Waals surface area contributed by atoms with E-state index < -0.39 is 0 Å². The summed E-state index contributed by atoms with van der Waals surface area (Å²) in [5, 5.41) is 7.79. The van der Waals surface area contributed by atoms with Crippen molar-refractivity contribution in [1.82, 2.24) is 19.9 Å². The molecule has 0 aliphatic heterocycles. The molecule has 0 atom stereocenters. The molecule has 11 aromatic rings. The lowest BCUT2D eigenvalue weighted by molar-refractivity contribution is 0.672. The van der Waals surface area contributed by atoms with Crippen LogP contribution in [0, 0.1) is 0 Å². The molecule has 8 aromatic carbocycles. The van der Waals surface area contributed by atoms with Crippen LogP contribution in [-0.2, 0) is 0 Å². The van der Waals surface area contributed by atoms with Gasteiger partial charge in [0.05, 0.1) is 16.6 Å². The summed E-state index contributed by atoms with van der Waals surface area (Å²) >= 11 is 0. The van der Waals surface area contributed by atoms with E-state index in [-0.39, 0.29) is 0 Å². The van der Waals surface area contributed by atoms with Crippen molar-refractivity contribution in [3.8, 4) is 56.5 Å². The first-order valence-electron chi connectivity index (χ1n) is 18.4. The van der Waals surface area contributed by atoms with Crippen molar-refractivity contribution < 1.29 is 4.42 Å². The quantitative estimate of drug-likeness (QED) is 0.167. The predicted octanol–water partition coefficient (Wildman–Crippen LogP) is 13.0. The second kappa shape index (κ2) is 12.6. The topological polar surface area (TPSA) is 64.7 Å². The SMILES string of the molecule is c1ccc(-c2nc(-c3ccccc3)nc(-c3cccc(-c4nc5c(-c6cc7ccccc7c7ccccc67)cccc5c5oc6ccccc6c45)c3)n2)cc1. The van der Waals surface area contributed by atoms with Crippen LogP contribution in [0.1, 0.15) is 0 Å². The summed E-state index contributed by atoms with van der Waals surface area (Å²) in [6.07, 6.45) is 0. The van der Waals surface area contributed by atoms with Crippen LogP contribution < -0.4 is 0 Å². The van der Waals surface area contributed by atoms with Crippen LogP contribution in [0.15, 0.2) is 186 Å². The first kappa shape index (κ1) is 31.1. The minimum absolute atomic E-state index is 0.590. The van der Waals surface area contributed by atoms with Crippen LogP contribution in [0.4, 0.5) is 0 Å². The van der Waals surface area contributed by atoms with E-state index in [4.69, 9.17) is 24.4 Å². The molecule has 3 heterocycles. The van der Waals surface area contributed by atoms with Gasteiger partial charge in [0.25, 0.3) is 0 Å². The van der Waals surface area contributed by atoms with Crippen LogP contribution in [0.3, 0.4) is 0 Å². The lowest BCUT2D eigenvalue weighted by Gasteiger charge is -2.14. The Kier molecular flexibility index (Phi) is 7.10. The Labute approximate surface area is 316 Å². The Balaban J connectivity index is 1.17. The van der Waals surface area contributed by atoms with Crippen molar-refractivity contribution >= 4 is 54.4 Å². The van der Waals surface area contributed by atoms with E-state index in [1.807, 2.05) is 72.8 Å². The Morgan fingerprint density at radius 3 is 1.64 bits per heavy atom. The second-order valence-corrected chi connectivity index (χ2v) is 13.8. The Morgan fingerprint density at radius 2 is 0.891 bits per heavy atom. The number of hydrogen-bond donors (Lipinski definition) is 0. The number of hydrogen-bond acceptors (Lipinski definition) is 5. The molecule has 0 saturated carbocycles. The fraction of sp³-hybridized carbons (Fsp3) is 0. The standard InChI is InChI=1S/C50H30N4O/c1-3-15-31(16-4-1)48-52-49(32-17-5-2-6-18-32)54-50(53-48)35-21-13-20-34(29-35)45-44-40-25-11-12-28-43(40)55-47(44)41-27-14-26-39(46(41)51-45)42-30-33-19-7-8-22-36(33)37-23-9-10-24-38(37)42/h1-30H. The molecule has 3 aromatic heterocycles. The maximum absolute atomic E-state index is 6.75. The highest BCUT2D eigenvalue weighted by molar-refractivity contribution is 6.22. The van der Waals surface area contributed by atoms with Gasteiger partial charge in [-0.05, 0) is 51.4 Å². The summed E-state index contributed by atoms with van der Waals surface area (Å²) in [5.41, 5.74) is 9.21. The van der Waals surface area contributed by atoms with Crippen molar-refractivity contribution in [1.29, 1.82) is 0 Å². The molecule has 0 bridgehead atoms. The van der Waals surface area contributed by atoms with E-state index in [1.54, 1.807) is 0 Å². The molecular weight excluding hydrogens is 673 g/mol. The highest BCUT2D eigenvalue weighted by Gasteiger charge is 2.21. The molecule has 0 aliphatic carbocycles. The third kappa shape index (κ3) is 5.17. The summed E-state index contributed by atoms with van der Waals surface area (Å²) < 4.78 is 6.75. The molecule has 55 heavy (non-hydrogen) atoms. The van der Waals surface area contributed by atoms with E-state index in [2.05, 4.69) is 109 Å². The Hall–Kier alpha value is -7.50. The minimum Gasteiger partial charge on any atom is -0.455 e. The van der Waals surface area contributed by atoms with Crippen LogP contribution >= 0.6 is 0 Å². The number of pyridine rings is 1. The van der Waals surface area contributed by atoms with Crippen molar-refractivity contribution in [3.05, 3.63) is 182 Å². The zero-order valence-corrected chi connectivity index (χ0v) is 29.5. The zero-order chi connectivity index (χ0) is 36.3. The Morgan fingerprint density at radius 1 is 0.345 bits per heavy atom. The summed E-state index contributed by atoms with van der Waals surface area (Å²) in [6.45, 7) is 0. The fourth-order valence-corrected chi connectivity index (χ4v) is 7.93. The number of para-hydroxylation sites is 2. The predicted molar refractivity (Wildman–Crippen MR) is 225 cm³/mol. The first-order chi connectivity index (χ1) is 27.3.